The number of carbonyl (C=O) groups excluding carboxylic acids is 1. The summed E-state index contributed by atoms with van der Waals surface area (Å²) in [4.78, 5) is 13.2. The van der Waals surface area contributed by atoms with E-state index in [1.165, 1.54) is 7.11 Å². The lowest BCUT2D eigenvalue weighted by Crippen LogP contribution is -2.53. The van der Waals surface area contributed by atoms with Gasteiger partial charge in [0, 0.05) is 19.1 Å². The molecule has 1 fully saturated rings. The van der Waals surface area contributed by atoms with Crippen LogP contribution in [0.5, 0.6) is 0 Å². The van der Waals surface area contributed by atoms with E-state index in [4.69, 9.17) is 0 Å². The molecule has 4 nitrogen and oxygen atoms in total. The lowest BCUT2D eigenvalue weighted by Gasteiger charge is -2.39. The maximum Gasteiger partial charge on any atom is 0.401 e. The number of ether oxygens (including phenoxy) is 1. The van der Waals surface area contributed by atoms with E-state index in [-0.39, 0.29) is 24.5 Å². The van der Waals surface area contributed by atoms with Gasteiger partial charge in [0.2, 0.25) is 0 Å². The van der Waals surface area contributed by atoms with Crippen LogP contribution >= 0.6 is 0 Å². The van der Waals surface area contributed by atoms with Crippen LogP contribution in [0.2, 0.25) is 0 Å². The molecule has 0 saturated carbocycles. The van der Waals surface area contributed by atoms with Gasteiger partial charge in [-0.05, 0) is 18.3 Å². The minimum atomic E-state index is -4.21. The lowest BCUT2D eigenvalue weighted by molar-refractivity contribution is -0.143. The van der Waals surface area contributed by atoms with E-state index in [0.717, 1.165) is 6.54 Å². The number of methoxy groups -OCH3 is 1. The van der Waals surface area contributed by atoms with Gasteiger partial charge in [-0.1, -0.05) is 13.8 Å². The number of likely N-dealkylation sites (tertiary alicyclic amines) is 1. The summed E-state index contributed by atoms with van der Waals surface area (Å²) in [6, 6.07) is -0.248. The number of esters is 1. The molecule has 0 aromatic carbocycles. The zero-order valence-corrected chi connectivity index (χ0v) is 12.2. The Labute approximate surface area is 117 Å². The molecule has 1 heterocycles. The summed E-state index contributed by atoms with van der Waals surface area (Å²) in [7, 11) is 1.31. The predicted octanol–water partition coefficient (Wildman–Crippen LogP) is 1.66. The molecule has 2 atom stereocenters. The fourth-order valence-electron chi connectivity index (χ4n) is 2.50. The molecule has 7 heteroatoms. The molecular formula is C13H23F3N2O2. The van der Waals surface area contributed by atoms with Crippen molar-refractivity contribution in [1.29, 1.82) is 0 Å². The predicted molar refractivity (Wildman–Crippen MR) is 69.2 cm³/mol. The minimum absolute atomic E-state index is 0.129. The second-order valence-electron chi connectivity index (χ2n) is 5.70. The average molecular weight is 296 g/mol. The Balaban J connectivity index is 2.58. The molecule has 0 aliphatic carbocycles. The first-order chi connectivity index (χ1) is 9.21. The van der Waals surface area contributed by atoms with Crippen LogP contribution in [0.25, 0.3) is 0 Å². The first-order valence-corrected chi connectivity index (χ1v) is 6.80. The molecule has 1 aliphatic rings. The maximum atomic E-state index is 12.3. The van der Waals surface area contributed by atoms with Gasteiger partial charge in [-0.2, -0.15) is 13.2 Å². The zero-order valence-electron chi connectivity index (χ0n) is 12.2. The van der Waals surface area contributed by atoms with Crippen LogP contribution in [0.3, 0.4) is 0 Å². The molecule has 2 unspecified atom stereocenters. The molecule has 118 valence electrons. The molecule has 20 heavy (non-hydrogen) atoms. The van der Waals surface area contributed by atoms with Crippen molar-refractivity contribution in [1.82, 2.24) is 10.2 Å². The van der Waals surface area contributed by atoms with Crippen LogP contribution in [0, 0.1) is 11.8 Å². The van der Waals surface area contributed by atoms with Gasteiger partial charge in [-0.3, -0.25) is 9.69 Å². The van der Waals surface area contributed by atoms with E-state index in [2.05, 4.69) is 10.1 Å². The lowest BCUT2D eigenvalue weighted by atomic mass is 9.85. The fraction of sp³-hybridized carbons (Fsp3) is 0.923. The van der Waals surface area contributed by atoms with Gasteiger partial charge in [0.1, 0.15) is 0 Å². The standard InChI is InChI=1S/C13H23F3N2O2/c1-9(2)10-4-11(17-8-13(14,15)16)6-18(5-10)7-12(19)20-3/h9-11,17H,4-8H2,1-3H3. The Morgan fingerprint density at radius 2 is 2.05 bits per heavy atom. The zero-order chi connectivity index (χ0) is 15.3. The summed E-state index contributed by atoms with van der Waals surface area (Å²) in [5.74, 6) is 0.286. The SMILES string of the molecule is COC(=O)CN1CC(NCC(F)(F)F)CC(C(C)C)C1. The van der Waals surface area contributed by atoms with Gasteiger partial charge in [0.15, 0.2) is 0 Å². The molecule has 0 aromatic heterocycles. The number of halogens is 3. The van der Waals surface area contributed by atoms with Crippen molar-refractivity contribution in [3.63, 3.8) is 0 Å². The van der Waals surface area contributed by atoms with Crippen LogP contribution in [0.4, 0.5) is 13.2 Å². The van der Waals surface area contributed by atoms with Gasteiger partial charge in [0.25, 0.3) is 0 Å². The van der Waals surface area contributed by atoms with E-state index in [0.29, 0.717) is 18.9 Å². The highest BCUT2D eigenvalue weighted by molar-refractivity contribution is 5.71. The topological polar surface area (TPSA) is 41.6 Å². The van der Waals surface area contributed by atoms with Gasteiger partial charge < -0.3 is 10.1 Å². The van der Waals surface area contributed by atoms with Crippen LogP contribution in [0.1, 0.15) is 20.3 Å². The third-order valence-electron chi connectivity index (χ3n) is 3.67. The average Bonchev–Trinajstić information content (AvgIpc) is 2.35. The number of carbonyl (C=O) groups is 1. The summed E-state index contributed by atoms with van der Waals surface area (Å²) >= 11 is 0. The fourth-order valence-corrected chi connectivity index (χ4v) is 2.50. The number of nitrogens with zero attached hydrogens (tertiary/aromatic N) is 1. The summed E-state index contributed by atoms with van der Waals surface area (Å²) < 4.78 is 41.5. The Morgan fingerprint density at radius 1 is 1.40 bits per heavy atom. The highest BCUT2D eigenvalue weighted by Gasteiger charge is 2.33. The Hall–Kier alpha value is -0.820. The Morgan fingerprint density at radius 3 is 2.55 bits per heavy atom. The normalized spacial score (nSPS) is 24.9. The van der Waals surface area contributed by atoms with Crippen LogP contribution < -0.4 is 5.32 Å². The highest BCUT2D eigenvalue weighted by Crippen LogP contribution is 2.24. The van der Waals surface area contributed by atoms with E-state index in [1.54, 1.807) is 0 Å². The molecule has 0 amide bonds. The first-order valence-electron chi connectivity index (χ1n) is 6.80. The van der Waals surface area contributed by atoms with E-state index in [9.17, 15) is 18.0 Å². The molecule has 1 rings (SSSR count). The van der Waals surface area contributed by atoms with Crippen molar-refractivity contribution in [2.75, 3.05) is 33.3 Å². The third kappa shape index (κ3) is 6.09. The van der Waals surface area contributed by atoms with Crippen LogP contribution in [-0.4, -0.2) is 56.4 Å². The second-order valence-corrected chi connectivity index (χ2v) is 5.70. The maximum absolute atomic E-state index is 12.3. The van der Waals surface area contributed by atoms with Crippen molar-refractivity contribution < 1.29 is 22.7 Å². The van der Waals surface area contributed by atoms with Crippen LogP contribution in [-0.2, 0) is 9.53 Å². The highest BCUT2D eigenvalue weighted by atomic mass is 19.4. The van der Waals surface area contributed by atoms with Crippen molar-refractivity contribution >= 4 is 5.97 Å². The monoisotopic (exact) mass is 296 g/mol. The van der Waals surface area contributed by atoms with Crippen molar-refractivity contribution in [3.05, 3.63) is 0 Å². The molecule has 1 aliphatic heterocycles. The molecule has 1 N–H and O–H groups in total. The van der Waals surface area contributed by atoms with Crippen LogP contribution in [0.15, 0.2) is 0 Å². The van der Waals surface area contributed by atoms with E-state index >= 15 is 0 Å². The summed E-state index contributed by atoms with van der Waals surface area (Å²) in [5.41, 5.74) is 0. The summed E-state index contributed by atoms with van der Waals surface area (Å²) in [5, 5.41) is 2.55. The number of alkyl halides is 3. The molecule has 0 aromatic rings. The molecule has 0 spiro atoms. The van der Waals surface area contributed by atoms with Crippen molar-refractivity contribution in [2.24, 2.45) is 11.8 Å². The summed E-state index contributed by atoms with van der Waals surface area (Å²) in [6.07, 6.45) is -3.51. The van der Waals surface area contributed by atoms with Gasteiger partial charge in [-0.15, -0.1) is 0 Å². The molecule has 1 saturated heterocycles. The molecule has 0 bridgehead atoms. The van der Waals surface area contributed by atoms with Crippen molar-refractivity contribution in [3.8, 4) is 0 Å². The quantitative estimate of drug-likeness (QED) is 0.784. The number of rotatable bonds is 5. The smallest absolute Gasteiger partial charge is 0.401 e. The summed E-state index contributed by atoms with van der Waals surface area (Å²) in [6.45, 7) is 4.39. The number of hydrogen-bond donors (Lipinski definition) is 1. The third-order valence-corrected chi connectivity index (χ3v) is 3.67. The second kappa shape index (κ2) is 7.26. The van der Waals surface area contributed by atoms with Gasteiger partial charge in [0.05, 0.1) is 20.2 Å². The molecule has 0 radical (unpaired) electrons. The number of piperidine rings is 1. The largest absolute Gasteiger partial charge is 0.468 e. The van der Waals surface area contributed by atoms with Gasteiger partial charge >= 0.3 is 12.1 Å². The molecular weight excluding hydrogens is 273 g/mol. The minimum Gasteiger partial charge on any atom is -0.468 e. The van der Waals surface area contributed by atoms with E-state index in [1.807, 2.05) is 18.7 Å². The van der Waals surface area contributed by atoms with Crippen molar-refractivity contribution in [2.45, 2.75) is 32.5 Å². The van der Waals surface area contributed by atoms with Gasteiger partial charge in [-0.25, -0.2) is 0 Å². The number of hydrogen-bond acceptors (Lipinski definition) is 4. The van der Waals surface area contributed by atoms with E-state index < -0.39 is 12.7 Å². The Bertz CT molecular complexity index is 321. The number of nitrogens with one attached hydrogen (secondary N) is 1. The Kier molecular flexibility index (Phi) is 6.26. The first kappa shape index (κ1) is 17.2.